The summed E-state index contributed by atoms with van der Waals surface area (Å²) in [5, 5.41) is 12.6. The Morgan fingerprint density at radius 3 is 2.77 bits per heavy atom. The minimum atomic E-state index is -0.837. The number of H-pyrrole nitrogens is 1. The number of rotatable bonds is 5. The van der Waals surface area contributed by atoms with E-state index in [0.29, 0.717) is 11.3 Å². The number of aryl methyl sites for hydroxylation is 1. The summed E-state index contributed by atoms with van der Waals surface area (Å²) in [7, 11) is 0. The number of carbonyl (C=O) groups is 2. The number of ketones is 1. The molecule has 2 N–H and O–H groups in total. The van der Waals surface area contributed by atoms with Crippen molar-refractivity contribution in [3.8, 4) is 0 Å². The minimum absolute atomic E-state index is 0.0208. The van der Waals surface area contributed by atoms with Gasteiger partial charge in [0, 0.05) is 32.0 Å². The number of carbonyl (C=O) groups excluding carboxylic acids is 2. The summed E-state index contributed by atoms with van der Waals surface area (Å²) in [6.07, 6.45) is 1.52. The van der Waals surface area contributed by atoms with Crippen LogP contribution in [0.1, 0.15) is 33.6 Å². The summed E-state index contributed by atoms with van der Waals surface area (Å²) in [6.45, 7) is 1.98. The fourth-order valence-electron chi connectivity index (χ4n) is 4.83. The number of nitrogens with zero attached hydrogens (tertiary/aromatic N) is 1. The lowest BCUT2D eigenvalue weighted by Crippen LogP contribution is -2.30. The first kappa shape index (κ1) is 21.5. The smallest absolute Gasteiger partial charge is 0.290 e. The third kappa shape index (κ3) is 3.40. The van der Waals surface area contributed by atoms with E-state index in [2.05, 4.69) is 20.9 Å². The molecule has 2 aromatic carbocycles. The van der Waals surface area contributed by atoms with Crippen LogP contribution in [0, 0.1) is 6.92 Å². The summed E-state index contributed by atoms with van der Waals surface area (Å²) >= 11 is 3.43. The third-order valence-corrected chi connectivity index (χ3v) is 6.87. The van der Waals surface area contributed by atoms with Gasteiger partial charge in [-0.2, -0.15) is 0 Å². The number of halogens is 1. The zero-order valence-corrected chi connectivity index (χ0v) is 20.1. The number of benzene rings is 2. The molecular formula is C27H19BrN2O5. The van der Waals surface area contributed by atoms with Crippen LogP contribution in [0.25, 0.3) is 21.9 Å². The van der Waals surface area contributed by atoms with Crippen molar-refractivity contribution >= 4 is 49.5 Å². The molecule has 0 saturated carbocycles. The molecule has 0 radical (unpaired) electrons. The molecule has 7 nitrogen and oxygen atoms in total. The van der Waals surface area contributed by atoms with Crippen LogP contribution in [0.15, 0.2) is 91.6 Å². The van der Waals surface area contributed by atoms with Gasteiger partial charge in [-0.1, -0.05) is 34.1 Å². The van der Waals surface area contributed by atoms with Gasteiger partial charge in [0.2, 0.25) is 5.78 Å². The first-order valence-corrected chi connectivity index (χ1v) is 11.8. The van der Waals surface area contributed by atoms with Crippen LogP contribution in [0.2, 0.25) is 0 Å². The number of nitrogens with one attached hydrogen (secondary N) is 1. The third-order valence-electron chi connectivity index (χ3n) is 6.37. The second-order valence-corrected chi connectivity index (χ2v) is 9.42. The predicted molar refractivity (Wildman–Crippen MR) is 133 cm³/mol. The highest BCUT2D eigenvalue weighted by molar-refractivity contribution is 9.10. The number of aromatic nitrogens is 1. The van der Waals surface area contributed by atoms with Crippen molar-refractivity contribution in [2.24, 2.45) is 0 Å². The molecule has 1 amide bonds. The van der Waals surface area contributed by atoms with Crippen molar-refractivity contribution < 1.29 is 23.5 Å². The summed E-state index contributed by atoms with van der Waals surface area (Å²) in [5.74, 6) is -1.18. The van der Waals surface area contributed by atoms with Crippen molar-refractivity contribution in [3.05, 3.63) is 106 Å². The van der Waals surface area contributed by atoms with E-state index in [1.165, 1.54) is 11.2 Å². The van der Waals surface area contributed by atoms with Crippen molar-refractivity contribution in [3.63, 3.8) is 0 Å². The summed E-state index contributed by atoms with van der Waals surface area (Å²) in [6, 6.07) is 17.4. The van der Waals surface area contributed by atoms with Crippen LogP contribution in [-0.4, -0.2) is 26.7 Å². The van der Waals surface area contributed by atoms with E-state index < -0.39 is 23.5 Å². The quantitative estimate of drug-likeness (QED) is 0.257. The van der Waals surface area contributed by atoms with Gasteiger partial charge in [-0.05, 0) is 49.4 Å². The van der Waals surface area contributed by atoms with Crippen molar-refractivity contribution in [1.82, 2.24) is 9.88 Å². The van der Waals surface area contributed by atoms with Gasteiger partial charge in [0.05, 0.1) is 24.4 Å². The van der Waals surface area contributed by atoms with E-state index >= 15 is 0 Å². The van der Waals surface area contributed by atoms with Gasteiger partial charge in [0.25, 0.3) is 5.91 Å². The monoisotopic (exact) mass is 530 g/mol. The molecule has 0 spiro atoms. The molecule has 4 heterocycles. The van der Waals surface area contributed by atoms with E-state index in [9.17, 15) is 14.7 Å². The zero-order valence-electron chi connectivity index (χ0n) is 18.5. The number of aromatic amines is 1. The topological polar surface area (TPSA) is 99.7 Å². The lowest BCUT2D eigenvalue weighted by molar-refractivity contribution is -0.130. The number of aliphatic hydroxyl groups is 1. The van der Waals surface area contributed by atoms with Gasteiger partial charge in [-0.25, -0.2) is 0 Å². The standard InChI is InChI=1S/C27H19BrN2O5/c1-14-22(18-6-2-3-7-19(18)29-14)24-23(26(32)27(33)30(24)13-17-5-4-10-34-17)25(31)21-12-15-11-16(28)8-9-20(15)35-21/h2-12,24,29,32H,13H2,1H3. The maximum atomic E-state index is 13.8. The first-order valence-electron chi connectivity index (χ1n) is 11.0. The molecule has 0 fully saturated rings. The van der Waals surface area contributed by atoms with E-state index in [1.54, 1.807) is 24.3 Å². The predicted octanol–water partition coefficient (Wildman–Crippen LogP) is 6.36. The van der Waals surface area contributed by atoms with Crippen LogP contribution in [0.4, 0.5) is 0 Å². The molecule has 5 aromatic rings. The molecule has 35 heavy (non-hydrogen) atoms. The number of fused-ring (bicyclic) bond motifs is 2. The van der Waals surface area contributed by atoms with Gasteiger partial charge in [-0.15, -0.1) is 0 Å². The van der Waals surface area contributed by atoms with Crippen LogP contribution in [-0.2, 0) is 11.3 Å². The lowest BCUT2D eigenvalue weighted by Gasteiger charge is -2.26. The molecule has 1 unspecified atom stereocenters. The molecule has 0 aliphatic carbocycles. The minimum Gasteiger partial charge on any atom is -0.503 e. The molecule has 6 rings (SSSR count). The second kappa shape index (κ2) is 8.02. The Morgan fingerprint density at radius 2 is 1.97 bits per heavy atom. The molecular weight excluding hydrogens is 512 g/mol. The van der Waals surface area contributed by atoms with E-state index in [4.69, 9.17) is 8.83 Å². The second-order valence-electron chi connectivity index (χ2n) is 8.51. The summed E-state index contributed by atoms with van der Waals surface area (Å²) in [5.41, 5.74) is 2.92. The van der Waals surface area contributed by atoms with E-state index in [-0.39, 0.29) is 17.9 Å². The van der Waals surface area contributed by atoms with Crippen LogP contribution >= 0.6 is 15.9 Å². The van der Waals surface area contributed by atoms with Crippen LogP contribution < -0.4 is 0 Å². The fourth-order valence-corrected chi connectivity index (χ4v) is 5.21. The number of Topliss-reactive ketones (excluding diaryl/α,β-unsaturated/α-hetero) is 1. The van der Waals surface area contributed by atoms with Crippen molar-refractivity contribution in [1.29, 1.82) is 0 Å². The lowest BCUT2D eigenvalue weighted by atomic mass is 9.93. The van der Waals surface area contributed by atoms with E-state index in [1.807, 2.05) is 43.3 Å². The van der Waals surface area contributed by atoms with Crippen molar-refractivity contribution in [2.75, 3.05) is 0 Å². The van der Waals surface area contributed by atoms with Gasteiger partial charge >= 0.3 is 0 Å². The Bertz CT molecular complexity index is 1660. The number of para-hydroxylation sites is 1. The van der Waals surface area contributed by atoms with E-state index in [0.717, 1.165) is 32.0 Å². The largest absolute Gasteiger partial charge is 0.503 e. The average Bonchev–Trinajstić information content (AvgIpc) is 3.61. The fraction of sp³-hybridized carbons (Fsp3) is 0.111. The highest BCUT2D eigenvalue weighted by atomic mass is 79.9. The van der Waals surface area contributed by atoms with Gasteiger partial charge in [-0.3, -0.25) is 9.59 Å². The number of amides is 1. The maximum absolute atomic E-state index is 13.8. The summed E-state index contributed by atoms with van der Waals surface area (Å²) in [4.78, 5) is 31.9. The zero-order chi connectivity index (χ0) is 24.3. The molecule has 1 aliphatic heterocycles. The summed E-state index contributed by atoms with van der Waals surface area (Å²) < 4.78 is 12.2. The SMILES string of the molecule is Cc1[nH]c2ccccc2c1C1C(C(=O)c2cc3cc(Br)ccc3o2)=C(O)C(=O)N1Cc1ccco1. The molecule has 8 heteroatoms. The molecule has 0 saturated heterocycles. The Balaban J connectivity index is 1.53. The molecule has 0 bridgehead atoms. The first-order chi connectivity index (χ1) is 16.9. The van der Waals surface area contributed by atoms with Gasteiger partial charge < -0.3 is 23.8 Å². The number of furan rings is 2. The maximum Gasteiger partial charge on any atom is 0.290 e. The molecule has 1 atom stereocenters. The highest BCUT2D eigenvalue weighted by Crippen LogP contribution is 2.44. The number of hydrogen-bond donors (Lipinski definition) is 2. The number of aliphatic hydroxyl groups excluding tert-OH is 1. The Labute approximate surface area is 207 Å². The molecule has 1 aliphatic rings. The van der Waals surface area contributed by atoms with Crippen LogP contribution in [0.3, 0.4) is 0 Å². The molecule has 174 valence electrons. The Hall–Kier alpha value is -4.04. The Kier molecular flexibility index (Phi) is 4.93. The molecule has 3 aromatic heterocycles. The van der Waals surface area contributed by atoms with Crippen LogP contribution in [0.5, 0.6) is 0 Å². The highest BCUT2D eigenvalue weighted by Gasteiger charge is 2.46. The van der Waals surface area contributed by atoms with Crippen molar-refractivity contribution in [2.45, 2.75) is 19.5 Å². The Morgan fingerprint density at radius 1 is 1.14 bits per heavy atom. The van der Waals surface area contributed by atoms with Gasteiger partial charge in [0.15, 0.2) is 11.5 Å². The number of hydrogen-bond acceptors (Lipinski definition) is 5. The normalized spacial score (nSPS) is 16.2. The van der Waals surface area contributed by atoms with Gasteiger partial charge in [0.1, 0.15) is 11.3 Å². The average molecular weight is 531 g/mol.